The zero-order valence-corrected chi connectivity index (χ0v) is 8.17. The van der Waals surface area contributed by atoms with Crippen LogP contribution in [0, 0.1) is 82.1 Å². The van der Waals surface area contributed by atoms with Gasteiger partial charge in [-0.25, -0.2) is 0 Å². The predicted molar refractivity (Wildman–Crippen MR) is 18.9 cm³/mol. The van der Waals surface area contributed by atoms with E-state index in [9.17, 15) is 0 Å². The molecule has 0 heterocycles. The summed E-state index contributed by atoms with van der Waals surface area (Å²) >= 11 is 0. The molecule has 0 atom stereocenters. The van der Waals surface area contributed by atoms with E-state index >= 15 is 0 Å². The summed E-state index contributed by atoms with van der Waals surface area (Å²) in [6.45, 7) is 0. The Balaban J connectivity index is 0. The van der Waals surface area contributed by atoms with Crippen molar-refractivity contribution < 1.29 is 82.1 Å². The molecule has 4 heavy (non-hydrogen) atoms. The molecule has 0 unspecified atom stereocenters. The Hall–Kier alpha value is 4.54. The summed E-state index contributed by atoms with van der Waals surface area (Å²) in [5, 5.41) is 0. The van der Waals surface area contributed by atoms with E-state index in [4.69, 9.17) is 0 Å². The van der Waals surface area contributed by atoms with Crippen molar-refractivity contribution in [3.8, 4) is 0 Å². The second kappa shape index (κ2) is 15.6. The second-order valence-corrected chi connectivity index (χ2v) is 0. The van der Waals surface area contributed by atoms with Crippen LogP contribution in [0.15, 0.2) is 0 Å². The van der Waals surface area contributed by atoms with Gasteiger partial charge in [-0.05, 0) is 0 Å². The van der Waals surface area contributed by atoms with Crippen LogP contribution < -0.4 is 0 Å². The topological polar surface area (TPSA) is 0 Å². The van der Waals surface area contributed by atoms with Crippen LogP contribution in [-0.2, 0) is 0 Å². The molecule has 0 N–H and O–H groups in total. The molecular formula is H4CeSSmSr. The fraction of sp³-hybridized carbons (Fsp3) is 0. The number of rotatable bonds is 0. The molecule has 0 rings (SSSR count). The van der Waals surface area contributed by atoms with Gasteiger partial charge in [-0.2, -0.15) is 13.5 Å². The molecular weight excluding hydrogens is 410 g/mol. The van der Waals surface area contributed by atoms with Gasteiger partial charge in [-0.1, -0.05) is 0 Å². The number of hydrogen-bond donors (Lipinski definition) is 0. The van der Waals surface area contributed by atoms with E-state index in [0.29, 0.717) is 0 Å². The van der Waals surface area contributed by atoms with Crippen LogP contribution in [0.1, 0.15) is 0 Å². The van der Waals surface area contributed by atoms with Gasteiger partial charge in [0.05, 0.1) is 0 Å². The molecule has 0 aliphatic heterocycles. The van der Waals surface area contributed by atoms with Crippen LogP contribution in [0.3, 0.4) is 0 Å². The molecule has 0 saturated heterocycles. The molecule has 0 aromatic carbocycles. The molecule has 0 fully saturated rings. The molecule has 0 aliphatic carbocycles. The third-order valence-electron chi connectivity index (χ3n) is 0. The van der Waals surface area contributed by atoms with E-state index in [2.05, 4.69) is 0 Å². The van der Waals surface area contributed by atoms with Crippen molar-refractivity contribution in [1.82, 2.24) is 0 Å². The quantitative estimate of drug-likeness (QED) is 0.456. The summed E-state index contributed by atoms with van der Waals surface area (Å²) in [6.07, 6.45) is 0. The molecule has 0 spiro atoms. The van der Waals surface area contributed by atoms with Crippen molar-refractivity contribution >= 4 is 59.0 Å². The first-order valence-electron chi connectivity index (χ1n) is 0. The standard InChI is InChI=1S/Ce.H2S.Sm.Sr.2H/h;1H2;;;;. The van der Waals surface area contributed by atoms with E-state index in [0.717, 1.165) is 0 Å². The van der Waals surface area contributed by atoms with Crippen LogP contribution in [0.25, 0.3) is 0 Å². The third kappa shape index (κ3) is 9.74. The summed E-state index contributed by atoms with van der Waals surface area (Å²) in [5.74, 6) is 0. The van der Waals surface area contributed by atoms with Gasteiger partial charge in [-0.15, -0.1) is 0 Å². The van der Waals surface area contributed by atoms with Gasteiger partial charge in [0.15, 0.2) is 0 Å². The van der Waals surface area contributed by atoms with E-state index in [1.807, 2.05) is 0 Å². The van der Waals surface area contributed by atoms with Gasteiger partial charge < -0.3 is 0 Å². The van der Waals surface area contributed by atoms with Crippen LogP contribution in [0.2, 0.25) is 0 Å². The van der Waals surface area contributed by atoms with Crippen molar-refractivity contribution in [3.05, 3.63) is 0 Å². The summed E-state index contributed by atoms with van der Waals surface area (Å²) in [4.78, 5) is 0. The minimum atomic E-state index is 0. The first-order valence-corrected chi connectivity index (χ1v) is 0. The first kappa shape index (κ1) is 23.5. The van der Waals surface area contributed by atoms with Crippen molar-refractivity contribution in [1.29, 1.82) is 0 Å². The van der Waals surface area contributed by atoms with Gasteiger partial charge in [0, 0.05) is 82.1 Å². The van der Waals surface area contributed by atoms with E-state index in [-0.39, 0.29) is 141 Å². The maximum atomic E-state index is 0. The van der Waals surface area contributed by atoms with Gasteiger partial charge in [-0.3, -0.25) is 0 Å². The Morgan fingerprint density at radius 1 is 1.00 bits per heavy atom. The van der Waals surface area contributed by atoms with Crippen molar-refractivity contribution in [3.63, 3.8) is 0 Å². The Kier molecular flexibility index (Phi) is 92.1. The molecule has 0 aromatic heterocycles. The third-order valence-corrected chi connectivity index (χ3v) is 0. The Bertz CT molecular complexity index is 8.00. The average Bonchev–Trinajstić information content (AvgIpc) is 0. The van der Waals surface area contributed by atoms with Crippen molar-refractivity contribution in [2.75, 3.05) is 0 Å². The van der Waals surface area contributed by atoms with Crippen LogP contribution in [0.5, 0.6) is 0 Å². The molecule has 22 valence electrons. The molecule has 0 bridgehead atoms. The van der Waals surface area contributed by atoms with Gasteiger partial charge in [0.1, 0.15) is 0 Å². The van der Waals surface area contributed by atoms with Crippen molar-refractivity contribution in [2.24, 2.45) is 0 Å². The molecule has 0 aliphatic rings. The van der Waals surface area contributed by atoms with Crippen molar-refractivity contribution in [2.45, 2.75) is 0 Å². The second-order valence-electron chi connectivity index (χ2n) is 0. The molecule has 0 nitrogen and oxygen atoms in total. The normalized spacial score (nSPS) is 0. The Labute approximate surface area is 136 Å². The fourth-order valence-electron chi connectivity index (χ4n) is 0. The minimum absolute atomic E-state index is 0. The fourth-order valence-corrected chi connectivity index (χ4v) is 0. The first-order chi connectivity index (χ1) is 0. The van der Waals surface area contributed by atoms with E-state index in [1.54, 1.807) is 0 Å². The van der Waals surface area contributed by atoms with Gasteiger partial charge in [0.2, 0.25) is 0 Å². The molecule has 0 amide bonds. The maximum absolute atomic E-state index is 0. The van der Waals surface area contributed by atoms with Gasteiger partial charge >= 0.3 is 45.5 Å². The summed E-state index contributed by atoms with van der Waals surface area (Å²) in [5.41, 5.74) is 0. The zero-order chi connectivity index (χ0) is 0. The van der Waals surface area contributed by atoms with Crippen LogP contribution in [-0.4, -0.2) is 45.5 Å². The van der Waals surface area contributed by atoms with E-state index in [1.165, 1.54) is 0 Å². The number of hydrogen-bond acceptors (Lipinski definition) is 0. The Morgan fingerprint density at radius 2 is 1.00 bits per heavy atom. The SMILES string of the molecule is S.[Ce].[Sm].[SrH2]. The van der Waals surface area contributed by atoms with E-state index < -0.39 is 0 Å². The molecule has 0 radical (unpaired) electrons. The molecule has 0 aromatic rings. The van der Waals surface area contributed by atoms with Crippen LogP contribution in [0.4, 0.5) is 0 Å². The Morgan fingerprint density at radius 3 is 1.00 bits per heavy atom. The summed E-state index contributed by atoms with van der Waals surface area (Å²) in [6, 6.07) is 0. The summed E-state index contributed by atoms with van der Waals surface area (Å²) < 4.78 is 0. The summed E-state index contributed by atoms with van der Waals surface area (Å²) in [7, 11) is 0. The zero-order valence-electron chi connectivity index (χ0n) is 1.41. The molecule has 4 heteroatoms. The monoisotopic (exact) mass is 416 g/mol. The predicted octanol–water partition coefficient (Wildman–Crippen LogP) is -0.803. The van der Waals surface area contributed by atoms with Crippen LogP contribution >= 0.6 is 13.5 Å². The average molecular weight is 414 g/mol. The molecule has 0 saturated carbocycles. The van der Waals surface area contributed by atoms with Gasteiger partial charge in [0.25, 0.3) is 0 Å².